The number of aliphatic hydroxyl groups is 1. The maximum atomic E-state index is 12.4. The Balaban J connectivity index is 1.58. The van der Waals surface area contributed by atoms with Gasteiger partial charge in [0, 0.05) is 6.42 Å². The summed E-state index contributed by atoms with van der Waals surface area (Å²) >= 11 is 0. The summed E-state index contributed by atoms with van der Waals surface area (Å²) in [5.41, 5.74) is 2.40. The van der Waals surface area contributed by atoms with E-state index in [0.29, 0.717) is 36.4 Å². The zero-order valence-corrected chi connectivity index (χ0v) is 20.4. The Labute approximate surface area is 193 Å². The summed E-state index contributed by atoms with van der Waals surface area (Å²) in [5, 5.41) is 21.2. The van der Waals surface area contributed by atoms with Crippen LogP contribution in [0, 0.1) is 46.3 Å². The van der Waals surface area contributed by atoms with Gasteiger partial charge in [0.1, 0.15) is 0 Å². The molecule has 0 heterocycles. The maximum Gasteiger partial charge on any atom is 0.309 e. The molecule has 3 saturated carbocycles. The largest absolute Gasteiger partial charge is 0.481 e. The fourth-order valence-corrected chi connectivity index (χ4v) is 8.43. The lowest BCUT2D eigenvalue weighted by atomic mass is 9.46. The number of aliphatic hydroxyl groups excluding tert-OH is 1. The number of rotatable bonds is 6. The van der Waals surface area contributed by atoms with Crippen molar-refractivity contribution in [1.82, 2.24) is 0 Å². The Morgan fingerprint density at radius 1 is 1.12 bits per heavy atom. The number of carbonyl (C=O) groups excluding carboxylic acids is 1. The van der Waals surface area contributed by atoms with E-state index in [1.54, 1.807) is 0 Å². The van der Waals surface area contributed by atoms with E-state index in [2.05, 4.69) is 20.4 Å². The minimum atomic E-state index is -0.872. The molecular formula is C28H42O4. The Bertz CT molecular complexity index is 825. The molecule has 0 aromatic rings. The van der Waals surface area contributed by atoms with E-state index in [-0.39, 0.29) is 22.7 Å². The van der Waals surface area contributed by atoms with Crippen molar-refractivity contribution in [2.24, 2.45) is 46.3 Å². The number of ketones is 1. The molecule has 0 saturated heterocycles. The molecule has 8 atom stereocenters. The number of carboxylic acid groups (broad SMARTS) is 1. The van der Waals surface area contributed by atoms with Gasteiger partial charge in [-0.25, -0.2) is 0 Å². The fourth-order valence-electron chi connectivity index (χ4n) is 8.43. The minimum absolute atomic E-state index is 0.0126. The van der Waals surface area contributed by atoms with Gasteiger partial charge in [-0.15, -0.1) is 0 Å². The zero-order valence-electron chi connectivity index (χ0n) is 20.4. The van der Waals surface area contributed by atoms with Crippen molar-refractivity contribution in [2.45, 2.75) is 91.6 Å². The molecule has 178 valence electrons. The molecule has 3 fully saturated rings. The predicted octanol–water partition coefficient (Wildman–Crippen LogP) is 5.80. The average molecular weight is 443 g/mol. The fraction of sp³-hybridized carbons (Fsp3) is 0.786. The van der Waals surface area contributed by atoms with Gasteiger partial charge < -0.3 is 10.2 Å². The zero-order chi connectivity index (χ0) is 23.4. The van der Waals surface area contributed by atoms with Crippen LogP contribution >= 0.6 is 0 Å². The highest BCUT2D eigenvalue weighted by Gasteiger charge is 2.61. The van der Waals surface area contributed by atoms with E-state index < -0.39 is 18.0 Å². The van der Waals surface area contributed by atoms with Gasteiger partial charge in [-0.05, 0) is 97.9 Å². The van der Waals surface area contributed by atoms with Crippen LogP contribution in [-0.2, 0) is 9.59 Å². The van der Waals surface area contributed by atoms with Crippen molar-refractivity contribution in [1.29, 1.82) is 0 Å². The van der Waals surface area contributed by atoms with Crippen LogP contribution in [-0.4, -0.2) is 28.1 Å². The molecule has 2 N–H and O–H groups in total. The topological polar surface area (TPSA) is 74.6 Å². The van der Waals surface area contributed by atoms with Crippen LogP contribution in [0.5, 0.6) is 0 Å². The quantitative estimate of drug-likeness (QED) is 0.510. The molecule has 0 bridgehead atoms. The second kappa shape index (κ2) is 8.42. The van der Waals surface area contributed by atoms with Crippen molar-refractivity contribution >= 4 is 11.8 Å². The summed E-state index contributed by atoms with van der Waals surface area (Å²) in [7, 11) is 0. The summed E-state index contributed by atoms with van der Waals surface area (Å²) in [4.78, 5) is 24.5. The van der Waals surface area contributed by atoms with Gasteiger partial charge in [0.25, 0.3) is 0 Å². The van der Waals surface area contributed by atoms with E-state index >= 15 is 0 Å². The first kappa shape index (κ1) is 23.7. The van der Waals surface area contributed by atoms with Gasteiger partial charge in [0.05, 0.1) is 12.0 Å². The lowest BCUT2D eigenvalue weighted by Crippen LogP contribution is -2.52. The number of allylic oxidation sites excluding steroid dienone is 1. The molecule has 0 amide bonds. The third-order valence-corrected chi connectivity index (χ3v) is 10.5. The van der Waals surface area contributed by atoms with Crippen molar-refractivity contribution in [3.63, 3.8) is 0 Å². The van der Waals surface area contributed by atoms with Crippen molar-refractivity contribution in [2.75, 3.05) is 0 Å². The van der Waals surface area contributed by atoms with Crippen LogP contribution in [0.1, 0.15) is 85.5 Å². The van der Waals surface area contributed by atoms with Crippen LogP contribution in [0.3, 0.4) is 0 Å². The van der Waals surface area contributed by atoms with Crippen LogP contribution < -0.4 is 0 Å². The number of fused-ring (bicyclic) bond motifs is 5. The summed E-state index contributed by atoms with van der Waals surface area (Å²) in [6, 6.07) is 0. The normalized spacial score (nSPS) is 40.7. The number of aliphatic carboxylic acids is 1. The second-order valence-electron chi connectivity index (χ2n) is 12.1. The summed E-state index contributed by atoms with van der Waals surface area (Å²) in [5.74, 6) is 0.692. The molecular weight excluding hydrogens is 400 g/mol. The molecule has 0 aromatic carbocycles. The van der Waals surface area contributed by atoms with E-state index in [0.717, 1.165) is 50.5 Å². The van der Waals surface area contributed by atoms with Crippen LogP contribution in [0.4, 0.5) is 0 Å². The van der Waals surface area contributed by atoms with E-state index in [9.17, 15) is 19.8 Å². The molecule has 4 rings (SSSR count). The Kier molecular flexibility index (Phi) is 6.24. The third-order valence-electron chi connectivity index (χ3n) is 10.5. The molecule has 0 aromatic heterocycles. The van der Waals surface area contributed by atoms with E-state index in [4.69, 9.17) is 0 Å². The molecule has 8 unspecified atom stereocenters. The van der Waals surface area contributed by atoms with Crippen LogP contribution in [0.2, 0.25) is 0 Å². The molecule has 4 aliphatic carbocycles. The van der Waals surface area contributed by atoms with Gasteiger partial charge in [-0.3, -0.25) is 9.59 Å². The number of hydrogen-bond donors (Lipinski definition) is 2. The first-order valence-electron chi connectivity index (χ1n) is 12.8. The average Bonchev–Trinajstić information content (AvgIpc) is 3.05. The number of carboxylic acids is 1. The van der Waals surface area contributed by atoms with Gasteiger partial charge in [0.2, 0.25) is 0 Å². The monoisotopic (exact) mass is 442 g/mol. The summed E-state index contributed by atoms with van der Waals surface area (Å²) in [6.45, 7) is 12.9. The van der Waals surface area contributed by atoms with Gasteiger partial charge >= 0.3 is 5.97 Å². The lowest BCUT2D eigenvalue weighted by Gasteiger charge is -2.58. The predicted molar refractivity (Wildman–Crippen MR) is 126 cm³/mol. The van der Waals surface area contributed by atoms with Crippen molar-refractivity contribution in [3.8, 4) is 0 Å². The number of hydrogen-bond acceptors (Lipinski definition) is 3. The van der Waals surface area contributed by atoms with E-state index in [1.807, 2.05) is 19.9 Å². The molecule has 4 heteroatoms. The summed E-state index contributed by atoms with van der Waals surface area (Å²) < 4.78 is 0. The van der Waals surface area contributed by atoms with Crippen molar-refractivity contribution in [3.05, 3.63) is 23.8 Å². The molecule has 32 heavy (non-hydrogen) atoms. The van der Waals surface area contributed by atoms with Crippen molar-refractivity contribution < 1.29 is 19.8 Å². The lowest BCUT2D eigenvalue weighted by molar-refractivity contribution is -0.153. The highest BCUT2D eigenvalue weighted by molar-refractivity contribution is 5.91. The molecule has 4 nitrogen and oxygen atoms in total. The molecule has 0 radical (unpaired) electrons. The first-order chi connectivity index (χ1) is 15.0. The summed E-state index contributed by atoms with van der Waals surface area (Å²) in [6.07, 6.45) is 9.32. The second-order valence-corrected chi connectivity index (χ2v) is 12.1. The SMILES string of the molecule is C=C(CC(O)C(C(=O)O)C1CCC2C3CCC4=CC(=O)CCC4(C)C3CCC21C)C(C)C. The molecule has 0 spiro atoms. The van der Waals surface area contributed by atoms with Crippen LogP contribution in [0.25, 0.3) is 0 Å². The molecule has 0 aliphatic heterocycles. The Morgan fingerprint density at radius 2 is 1.84 bits per heavy atom. The van der Waals surface area contributed by atoms with Gasteiger partial charge in [-0.2, -0.15) is 0 Å². The van der Waals surface area contributed by atoms with Gasteiger partial charge in [-0.1, -0.05) is 45.4 Å². The Morgan fingerprint density at radius 3 is 2.50 bits per heavy atom. The maximum absolute atomic E-state index is 12.4. The smallest absolute Gasteiger partial charge is 0.309 e. The Hall–Kier alpha value is -1.42. The van der Waals surface area contributed by atoms with Gasteiger partial charge in [0.15, 0.2) is 5.78 Å². The third kappa shape index (κ3) is 3.71. The highest BCUT2D eigenvalue weighted by Crippen LogP contribution is 2.67. The minimum Gasteiger partial charge on any atom is -0.481 e. The van der Waals surface area contributed by atoms with Crippen LogP contribution in [0.15, 0.2) is 23.8 Å². The highest BCUT2D eigenvalue weighted by atomic mass is 16.4. The standard InChI is InChI=1S/C28H42O4/c1-16(2)17(3)14-24(30)25(26(31)32)23-9-8-21-20-7-6-18-15-19(29)10-12-27(18,4)22(20)11-13-28(21,23)5/h15-16,20-25,30H,3,6-14H2,1-2,4-5H3,(H,31,32). The number of carbonyl (C=O) groups is 2. The molecule has 4 aliphatic rings. The first-order valence-corrected chi connectivity index (χ1v) is 12.8. The van der Waals surface area contributed by atoms with E-state index in [1.165, 1.54) is 5.57 Å².